The molecule has 0 atom stereocenters. The van der Waals surface area contributed by atoms with E-state index in [1.807, 2.05) is 0 Å². The van der Waals surface area contributed by atoms with Crippen LogP contribution in [0.3, 0.4) is 0 Å². The molecule has 0 aromatic carbocycles. The normalized spacial score (nSPS) is 10.2. The summed E-state index contributed by atoms with van der Waals surface area (Å²) in [4.78, 5) is 0. The molecule has 0 aromatic rings. The summed E-state index contributed by atoms with van der Waals surface area (Å²) >= 11 is 1.47. The largest absolute Gasteiger partial charge is 0.278 e. The summed E-state index contributed by atoms with van der Waals surface area (Å²) in [5.74, 6) is 0. The van der Waals surface area contributed by atoms with E-state index >= 15 is 0 Å². The van der Waals surface area contributed by atoms with E-state index < -0.39 is 8.07 Å². The molecule has 0 rings (SSSR count). The lowest BCUT2D eigenvalue weighted by Gasteiger charge is -2.11. The van der Waals surface area contributed by atoms with E-state index in [0.29, 0.717) is 0 Å². The molecule has 0 fully saturated rings. The lowest BCUT2D eigenvalue weighted by atomic mass is 10.6. The molecule has 0 saturated carbocycles. The van der Waals surface area contributed by atoms with E-state index in [-0.39, 0.29) is 0 Å². The molecule has 10 heavy (non-hydrogen) atoms. The van der Waals surface area contributed by atoms with Crippen LogP contribution in [0.15, 0.2) is 0 Å². The molecule has 0 spiro atoms. The molecular weight excluding hydrogens is 158 g/mol. The standard InChI is InChI=1S/C4H13NSSi.C3H8/c1-7(2,3)4-6-5;1-3-2/h4-5H2,1-3H3;3H2,1-2H3. The Balaban J connectivity index is 0. The maximum atomic E-state index is 5.27. The van der Waals surface area contributed by atoms with E-state index in [1.165, 1.54) is 23.7 Å². The van der Waals surface area contributed by atoms with Crippen molar-refractivity contribution in [1.29, 1.82) is 0 Å². The van der Waals surface area contributed by atoms with Crippen molar-refractivity contribution in [1.82, 2.24) is 0 Å². The van der Waals surface area contributed by atoms with Gasteiger partial charge in [-0.2, -0.15) is 0 Å². The average molecular weight is 179 g/mol. The van der Waals surface area contributed by atoms with Gasteiger partial charge in [0.2, 0.25) is 0 Å². The smallest absolute Gasteiger partial charge is 0.0565 e. The fraction of sp³-hybridized carbons (Fsp3) is 1.00. The molecule has 0 aromatic heterocycles. The summed E-state index contributed by atoms with van der Waals surface area (Å²) in [5.41, 5.74) is 0. The Bertz CT molecular complexity index is 61.1. The predicted octanol–water partition coefficient (Wildman–Crippen LogP) is 2.89. The van der Waals surface area contributed by atoms with Gasteiger partial charge in [0.15, 0.2) is 0 Å². The van der Waals surface area contributed by atoms with E-state index in [4.69, 9.17) is 5.14 Å². The van der Waals surface area contributed by atoms with Gasteiger partial charge in [0.1, 0.15) is 0 Å². The number of hydrogen-bond acceptors (Lipinski definition) is 2. The summed E-state index contributed by atoms with van der Waals surface area (Å²) in [7, 11) is -0.819. The number of hydrogen-bond donors (Lipinski definition) is 1. The summed E-state index contributed by atoms with van der Waals surface area (Å²) in [6.07, 6.45) is 1.25. The Labute approximate surface area is 70.9 Å². The first-order chi connectivity index (χ1) is 4.47. The Morgan fingerprint density at radius 3 is 1.50 bits per heavy atom. The average Bonchev–Trinajstić information content (AvgIpc) is 1.63. The van der Waals surface area contributed by atoms with E-state index in [9.17, 15) is 0 Å². The lowest BCUT2D eigenvalue weighted by molar-refractivity contribution is 1.09. The Hall–Kier alpha value is 0.527. The summed E-state index contributed by atoms with van der Waals surface area (Å²) < 4.78 is 0. The van der Waals surface area contributed by atoms with Crippen LogP contribution >= 0.6 is 11.9 Å². The van der Waals surface area contributed by atoms with Crippen LogP contribution in [0.4, 0.5) is 0 Å². The van der Waals surface area contributed by atoms with Crippen LogP contribution in [-0.2, 0) is 0 Å². The highest BCUT2D eigenvalue weighted by molar-refractivity contribution is 7.98. The van der Waals surface area contributed by atoms with Gasteiger partial charge in [-0.15, -0.1) is 0 Å². The maximum Gasteiger partial charge on any atom is 0.0565 e. The van der Waals surface area contributed by atoms with Crippen molar-refractivity contribution in [2.45, 2.75) is 39.9 Å². The molecule has 64 valence electrons. The predicted molar refractivity (Wildman–Crippen MR) is 56.0 cm³/mol. The van der Waals surface area contributed by atoms with Gasteiger partial charge >= 0.3 is 0 Å². The van der Waals surface area contributed by atoms with Crippen LogP contribution in [0.25, 0.3) is 0 Å². The topological polar surface area (TPSA) is 26.0 Å². The van der Waals surface area contributed by atoms with Gasteiger partial charge in [-0.25, -0.2) is 0 Å². The molecule has 0 unspecified atom stereocenters. The molecule has 0 saturated heterocycles. The molecule has 2 N–H and O–H groups in total. The second kappa shape index (κ2) is 7.63. The van der Waals surface area contributed by atoms with Crippen molar-refractivity contribution in [2.75, 3.05) is 5.38 Å². The first-order valence-electron chi connectivity index (χ1n) is 3.79. The van der Waals surface area contributed by atoms with Crippen LogP contribution in [0, 0.1) is 0 Å². The van der Waals surface area contributed by atoms with Crippen molar-refractivity contribution in [2.24, 2.45) is 5.14 Å². The monoisotopic (exact) mass is 179 g/mol. The summed E-state index contributed by atoms with van der Waals surface area (Å²) in [6.45, 7) is 11.2. The zero-order valence-electron chi connectivity index (χ0n) is 7.90. The minimum atomic E-state index is -0.819. The molecule has 3 heteroatoms. The van der Waals surface area contributed by atoms with Crippen molar-refractivity contribution < 1.29 is 0 Å². The molecule has 0 aliphatic carbocycles. The van der Waals surface area contributed by atoms with Crippen molar-refractivity contribution >= 4 is 20.0 Å². The molecule has 0 amide bonds. The quantitative estimate of drug-likeness (QED) is 0.521. The van der Waals surface area contributed by atoms with E-state index in [1.54, 1.807) is 0 Å². The Kier molecular flexibility index (Phi) is 10.0. The molecule has 1 nitrogen and oxygen atoms in total. The van der Waals surface area contributed by atoms with Gasteiger partial charge in [-0.3, -0.25) is 5.14 Å². The fourth-order valence-electron chi connectivity index (χ4n) is 0.250. The summed E-state index contributed by atoms with van der Waals surface area (Å²) in [5, 5.41) is 6.44. The molecule has 0 heterocycles. The van der Waals surface area contributed by atoms with E-state index in [0.717, 1.165) is 0 Å². The number of nitrogens with two attached hydrogens (primary N) is 1. The van der Waals surface area contributed by atoms with Crippen molar-refractivity contribution in [3.63, 3.8) is 0 Å². The van der Waals surface area contributed by atoms with Gasteiger partial charge in [-0.1, -0.05) is 51.9 Å². The van der Waals surface area contributed by atoms with Crippen LogP contribution in [0.5, 0.6) is 0 Å². The lowest BCUT2D eigenvalue weighted by Crippen LogP contribution is -2.24. The fourth-order valence-corrected chi connectivity index (χ4v) is 2.25. The maximum absolute atomic E-state index is 5.27. The molecule has 0 bridgehead atoms. The molecule has 0 aliphatic heterocycles. The third kappa shape index (κ3) is 23.6. The first kappa shape index (κ1) is 13.1. The highest BCUT2D eigenvalue weighted by Gasteiger charge is 2.10. The Morgan fingerprint density at radius 1 is 1.20 bits per heavy atom. The SMILES string of the molecule is CCC.C[Si](C)(C)CSN. The van der Waals surface area contributed by atoms with Crippen LogP contribution in [-0.4, -0.2) is 13.5 Å². The second-order valence-electron chi connectivity index (χ2n) is 3.58. The van der Waals surface area contributed by atoms with Gasteiger partial charge in [0.25, 0.3) is 0 Å². The Morgan fingerprint density at radius 2 is 1.50 bits per heavy atom. The molecular formula is C7H21NSSi. The van der Waals surface area contributed by atoms with Crippen LogP contribution < -0.4 is 5.14 Å². The van der Waals surface area contributed by atoms with E-state index in [2.05, 4.69) is 33.5 Å². The minimum Gasteiger partial charge on any atom is -0.278 e. The van der Waals surface area contributed by atoms with Gasteiger partial charge in [0.05, 0.1) is 8.07 Å². The van der Waals surface area contributed by atoms with Crippen LogP contribution in [0.2, 0.25) is 19.6 Å². The van der Waals surface area contributed by atoms with Crippen molar-refractivity contribution in [3.05, 3.63) is 0 Å². The second-order valence-corrected chi connectivity index (χ2v) is 10.2. The zero-order chi connectivity index (χ0) is 8.62. The highest BCUT2D eigenvalue weighted by atomic mass is 32.2. The zero-order valence-corrected chi connectivity index (χ0v) is 9.72. The third-order valence-electron chi connectivity index (χ3n) is 0.516. The summed E-state index contributed by atoms with van der Waals surface area (Å²) in [6, 6.07) is 0. The first-order valence-corrected chi connectivity index (χ1v) is 8.55. The third-order valence-corrected chi connectivity index (χ3v) is 4.65. The van der Waals surface area contributed by atoms with Gasteiger partial charge < -0.3 is 0 Å². The molecule has 0 radical (unpaired) electrons. The highest BCUT2D eigenvalue weighted by Crippen LogP contribution is 2.04. The van der Waals surface area contributed by atoms with Crippen molar-refractivity contribution in [3.8, 4) is 0 Å². The van der Waals surface area contributed by atoms with Gasteiger partial charge in [-0.05, 0) is 0 Å². The van der Waals surface area contributed by atoms with Gasteiger partial charge in [0, 0.05) is 5.38 Å². The molecule has 0 aliphatic rings. The van der Waals surface area contributed by atoms with Crippen LogP contribution in [0.1, 0.15) is 20.3 Å². The number of rotatable bonds is 2. The minimum absolute atomic E-state index is 0.819.